The summed E-state index contributed by atoms with van der Waals surface area (Å²) >= 11 is 3.55. The van der Waals surface area contributed by atoms with Gasteiger partial charge in [-0.3, -0.25) is 9.59 Å². The van der Waals surface area contributed by atoms with Crippen molar-refractivity contribution in [2.24, 2.45) is 0 Å². The number of hydrogen-bond acceptors (Lipinski definition) is 2. The first-order valence-corrected chi connectivity index (χ1v) is 10.6. The van der Waals surface area contributed by atoms with Gasteiger partial charge in [0.1, 0.15) is 6.04 Å². The molecule has 0 saturated carbocycles. The largest absolute Gasteiger partial charge is 0.350 e. The molecule has 0 aliphatic heterocycles. The SMILES string of the molecule is CC#CC(=O)N(CCc1ccccc1Br)C(CCC)C(=O)NCc1ccccc1. The Bertz CT molecular complexity index is 871. The molecule has 0 aliphatic carbocycles. The Balaban J connectivity index is 2.15. The Kier molecular flexibility index (Phi) is 9.46. The summed E-state index contributed by atoms with van der Waals surface area (Å²) in [7, 11) is 0. The molecule has 0 fully saturated rings. The molecule has 152 valence electrons. The molecule has 0 spiro atoms. The molecule has 0 heterocycles. The van der Waals surface area contributed by atoms with E-state index in [0.29, 0.717) is 25.9 Å². The first-order chi connectivity index (χ1) is 14.1. The maximum atomic E-state index is 13.0. The fraction of sp³-hybridized carbons (Fsp3) is 0.333. The molecule has 2 aromatic rings. The molecule has 0 aromatic heterocycles. The average molecular weight is 455 g/mol. The number of rotatable bonds is 9. The Labute approximate surface area is 181 Å². The molecular formula is C24H27BrN2O2. The third kappa shape index (κ3) is 7.07. The Morgan fingerprint density at radius 1 is 1.10 bits per heavy atom. The summed E-state index contributed by atoms with van der Waals surface area (Å²) in [5, 5.41) is 2.98. The van der Waals surface area contributed by atoms with Gasteiger partial charge in [-0.2, -0.15) is 0 Å². The quantitative estimate of drug-likeness (QED) is 0.573. The van der Waals surface area contributed by atoms with E-state index in [4.69, 9.17) is 0 Å². The van der Waals surface area contributed by atoms with Gasteiger partial charge in [0, 0.05) is 17.6 Å². The van der Waals surface area contributed by atoms with Gasteiger partial charge in [0.25, 0.3) is 5.91 Å². The van der Waals surface area contributed by atoms with Crippen LogP contribution in [0, 0.1) is 11.8 Å². The van der Waals surface area contributed by atoms with Crippen LogP contribution >= 0.6 is 15.9 Å². The van der Waals surface area contributed by atoms with Crippen LogP contribution in [0.2, 0.25) is 0 Å². The van der Waals surface area contributed by atoms with E-state index < -0.39 is 6.04 Å². The van der Waals surface area contributed by atoms with Crippen molar-refractivity contribution in [3.8, 4) is 11.8 Å². The highest BCUT2D eigenvalue weighted by Crippen LogP contribution is 2.18. The van der Waals surface area contributed by atoms with Crippen LogP contribution < -0.4 is 5.32 Å². The molecule has 2 amide bonds. The molecule has 29 heavy (non-hydrogen) atoms. The third-order valence-electron chi connectivity index (χ3n) is 4.62. The number of nitrogens with one attached hydrogen (secondary N) is 1. The molecule has 2 aromatic carbocycles. The van der Waals surface area contributed by atoms with Crippen molar-refractivity contribution >= 4 is 27.7 Å². The smallest absolute Gasteiger partial charge is 0.299 e. The number of halogens is 1. The van der Waals surface area contributed by atoms with Crippen molar-refractivity contribution in [1.29, 1.82) is 0 Å². The summed E-state index contributed by atoms with van der Waals surface area (Å²) in [5.41, 5.74) is 2.12. The zero-order chi connectivity index (χ0) is 21.1. The Hall–Kier alpha value is -2.58. The zero-order valence-electron chi connectivity index (χ0n) is 17.0. The average Bonchev–Trinajstić information content (AvgIpc) is 2.73. The van der Waals surface area contributed by atoms with Crippen LogP contribution in [-0.2, 0) is 22.6 Å². The Morgan fingerprint density at radius 3 is 2.45 bits per heavy atom. The van der Waals surface area contributed by atoms with Gasteiger partial charge in [0.2, 0.25) is 5.91 Å². The molecule has 1 N–H and O–H groups in total. The van der Waals surface area contributed by atoms with E-state index in [0.717, 1.165) is 22.0 Å². The van der Waals surface area contributed by atoms with E-state index in [1.807, 2.05) is 61.5 Å². The molecule has 5 heteroatoms. The predicted octanol–water partition coefficient (Wildman–Crippen LogP) is 4.33. The first kappa shape index (κ1) is 22.7. The molecule has 4 nitrogen and oxygen atoms in total. The van der Waals surface area contributed by atoms with E-state index in [9.17, 15) is 9.59 Å². The van der Waals surface area contributed by atoms with Gasteiger partial charge in [0.15, 0.2) is 0 Å². The van der Waals surface area contributed by atoms with Crippen LogP contribution in [0.15, 0.2) is 59.1 Å². The molecule has 0 radical (unpaired) electrons. The minimum atomic E-state index is -0.542. The number of carbonyl (C=O) groups excluding carboxylic acids is 2. The van der Waals surface area contributed by atoms with Crippen LogP contribution in [0.1, 0.15) is 37.8 Å². The second kappa shape index (κ2) is 12.1. The summed E-state index contributed by atoms with van der Waals surface area (Å²) < 4.78 is 0.995. The molecule has 1 atom stereocenters. The van der Waals surface area contributed by atoms with Gasteiger partial charge >= 0.3 is 0 Å². The van der Waals surface area contributed by atoms with E-state index in [1.165, 1.54) is 0 Å². The maximum Gasteiger partial charge on any atom is 0.299 e. The van der Waals surface area contributed by atoms with Crippen LogP contribution in [0.3, 0.4) is 0 Å². The van der Waals surface area contributed by atoms with Crippen molar-refractivity contribution in [3.63, 3.8) is 0 Å². The summed E-state index contributed by atoms with van der Waals surface area (Å²) in [5.74, 6) is 4.82. The third-order valence-corrected chi connectivity index (χ3v) is 5.40. The molecule has 1 unspecified atom stereocenters. The van der Waals surface area contributed by atoms with Crippen LogP contribution in [-0.4, -0.2) is 29.3 Å². The van der Waals surface area contributed by atoms with Crippen molar-refractivity contribution in [2.45, 2.75) is 45.7 Å². The van der Waals surface area contributed by atoms with Crippen LogP contribution in [0.5, 0.6) is 0 Å². The van der Waals surface area contributed by atoms with Crippen LogP contribution in [0.4, 0.5) is 0 Å². The fourth-order valence-corrected chi connectivity index (χ4v) is 3.61. The summed E-state index contributed by atoms with van der Waals surface area (Å²) in [4.78, 5) is 27.3. The summed E-state index contributed by atoms with van der Waals surface area (Å²) in [6, 6.07) is 17.1. The lowest BCUT2D eigenvalue weighted by Crippen LogP contribution is -2.50. The summed E-state index contributed by atoms with van der Waals surface area (Å²) in [6.45, 7) is 4.51. The molecule has 2 rings (SSSR count). The van der Waals surface area contributed by atoms with Gasteiger partial charge in [0.05, 0.1) is 0 Å². The maximum absolute atomic E-state index is 13.0. The van der Waals surface area contributed by atoms with Gasteiger partial charge in [-0.1, -0.05) is 83.7 Å². The Morgan fingerprint density at radius 2 is 1.79 bits per heavy atom. The normalized spacial score (nSPS) is 11.1. The van der Waals surface area contributed by atoms with Crippen molar-refractivity contribution in [3.05, 3.63) is 70.2 Å². The van der Waals surface area contributed by atoms with Gasteiger partial charge in [-0.15, -0.1) is 0 Å². The number of amides is 2. The first-order valence-electron chi connectivity index (χ1n) is 9.85. The second-order valence-electron chi connectivity index (χ2n) is 6.72. The predicted molar refractivity (Wildman–Crippen MR) is 120 cm³/mol. The van der Waals surface area contributed by atoms with Gasteiger partial charge < -0.3 is 10.2 Å². The lowest BCUT2D eigenvalue weighted by Gasteiger charge is -2.29. The number of carbonyl (C=O) groups is 2. The van der Waals surface area contributed by atoms with Crippen molar-refractivity contribution < 1.29 is 9.59 Å². The fourth-order valence-electron chi connectivity index (χ4n) is 3.12. The number of benzene rings is 2. The standard InChI is InChI=1S/C24H27BrN2O2/c1-3-10-22(24(29)26-18-19-12-6-5-7-13-19)27(23(28)11-4-2)17-16-20-14-8-9-15-21(20)25/h5-9,12-15,22H,3,10,16-18H2,1-2H3,(H,26,29). The molecular weight excluding hydrogens is 428 g/mol. The monoisotopic (exact) mass is 454 g/mol. The highest BCUT2D eigenvalue weighted by Gasteiger charge is 2.28. The minimum absolute atomic E-state index is 0.144. The zero-order valence-corrected chi connectivity index (χ0v) is 18.5. The van der Waals surface area contributed by atoms with E-state index >= 15 is 0 Å². The van der Waals surface area contributed by atoms with Crippen LogP contribution in [0.25, 0.3) is 0 Å². The lowest BCUT2D eigenvalue weighted by molar-refractivity contribution is -0.137. The van der Waals surface area contributed by atoms with E-state index in [2.05, 4.69) is 33.1 Å². The van der Waals surface area contributed by atoms with Crippen molar-refractivity contribution in [2.75, 3.05) is 6.54 Å². The lowest BCUT2D eigenvalue weighted by atomic mass is 10.1. The van der Waals surface area contributed by atoms with E-state index in [-0.39, 0.29) is 11.8 Å². The summed E-state index contributed by atoms with van der Waals surface area (Å²) in [6.07, 6.45) is 2.03. The van der Waals surface area contributed by atoms with E-state index in [1.54, 1.807) is 11.8 Å². The van der Waals surface area contributed by atoms with Gasteiger partial charge in [-0.25, -0.2) is 0 Å². The molecule has 0 saturated heterocycles. The highest BCUT2D eigenvalue weighted by atomic mass is 79.9. The minimum Gasteiger partial charge on any atom is -0.350 e. The number of hydrogen-bond donors (Lipinski definition) is 1. The molecule has 0 bridgehead atoms. The van der Waals surface area contributed by atoms with Gasteiger partial charge in [-0.05, 0) is 42.9 Å². The van der Waals surface area contributed by atoms with Crippen molar-refractivity contribution in [1.82, 2.24) is 10.2 Å². The second-order valence-corrected chi connectivity index (χ2v) is 7.58. The highest BCUT2D eigenvalue weighted by molar-refractivity contribution is 9.10. The topological polar surface area (TPSA) is 49.4 Å². The number of nitrogens with zero attached hydrogens (tertiary/aromatic N) is 1. The molecule has 0 aliphatic rings.